The predicted octanol–water partition coefficient (Wildman–Crippen LogP) is 2.94. The summed E-state index contributed by atoms with van der Waals surface area (Å²) in [6.45, 7) is 4.55. The van der Waals surface area contributed by atoms with Crippen LogP contribution in [-0.4, -0.2) is 28.4 Å². The summed E-state index contributed by atoms with van der Waals surface area (Å²) in [6.07, 6.45) is 5.32. The number of fused-ring (bicyclic) bond motifs is 1. The normalized spacial score (nSPS) is 22.4. The summed E-state index contributed by atoms with van der Waals surface area (Å²) in [6, 6.07) is 7.54. The highest BCUT2D eigenvalue weighted by atomic mass is 16.4. The highest BCUT2D eigenvalue weighted by Crippen LogP contribution is 2.46. The summed E-state index contributed by atoms with van der Waals surface area (Å²) in [7, 11) is 0. The lowest BCUT2D eigenvalue weighted by atomic mass is 9.65. The molecular formula is C18H21NO3. The minimum absolute atomic E-state index is 0.0967. The number of rotatable bonds is 4. The van der Waals surface area contributed by atoms with Crippen LogP contribution in [0.2, 0.25) is 0 Å². The average Bonchev–Trinajstić information content (AvgIpc) is 2.49. The second kappa shape index (κ2) is 5.59. The molecule has 0 aromatic heterocycles. The Hall–Kier alpha value is -2.10. The van der Waals surface area contributed by atoms with E-state index in [0.29, 0.717) is 13.0 Å². The fourth-order valence-electron chi connectivity index (χ4n) is 3.69. The van der Waals surface area contributed by atoms with Crippen molar-refractivity contribution in [3.63, 3.8) is 0 Å². The maximum atomic E-state index is 13.0. The molecule has 1 amide bonds. The van der Waals surface area contributed by atoms with Crippen molar-refractivity contribution in [3.05, 3.63) is 48.0 Å². The Bertz CT molecular complexity index is 619. The fraction of sp³-hybridized carbons (Fsp3) is 0.444. The Labute approximate surface area is 130 Å². The summed E-state index contributed by atoms with van der Waals surface area (Å²) in [5, 5.41) is 9.51. The zero-order chi connectivity index (χ0) is 15.7. The van der Waals surface area contributed by atoms with E-state index in [4.69, 9.17) is 0 Å². The standard InChI is InChI=1S/C18H21NO3/c1-2-8-18(9-5-10-18)17(22)19-11-13-6-3-4-7-14(13)15(12-19)16(20)21/h2-4,6-7,15H,1,5,8-12H2,(H,20,21). The van der Waals surface area contributed by atoms with Crippen LogP contribution in [0.25, 0.3) is 0 Å². The van der Waals surface area contributed by atoms with Gasteiger partial charge in [-0.15, -0.1) is 6.58 Å². The van der Waals surface area contributed by atoms with E-state index in [1.165, 1.54) is 0 Å². The molecule has 1 unspecified atom stereocenters. The minimum atomic E-state index is -0.865. The van der Waals surface area contributed by atoms with E-state index >= 15 is 0 Å². The molecule has 22 heavy (non-hydrogen) atoms. The molecule has 0 bridgehead atoms. The van der Waals surface area contributed by atoms with Gasteiger partial charge in [-0.25, -0.2) is 0 Å². The third-order valence-electron chi connectivity index (χ3n) is 5.08. The molecule has 0 radical (unpaired) electrons. The zero-order valence-electron chi connectivity index (χ0n) is 12.6. The van der Waals surface area contributed by atoms with E-state index in [9.17, 15) is 14.7 Å². The second-order valence-corrected chi connectivity index (χ2v) is 6.40. The molecular weight excluding hydrogens is 278 g/mol. The third-order valence-corrected chi connectivity index (χ3v) is 5.08. The zero-order valence-corrected chi connectivity index (χ0v) is 12.6. The summed E-state index contributed by atoms with van der Waals surface area (Å²) >= 11 is 0. The lowest BCUT2D eigenvalue weighted by molar-refractivity contribution is -0.150. The largest absolute Gasteiger partial charge is 0.481 e. The van der Waals surface area contributed by atoms with Gasteiger partial charge in [0.15, 0.2) is 0 Å². The van der Waals surface area contributed by atoms with Gasteiger partial charge in [0.1, 0.15) is 0 Å². The number of carbonyl (C=O) groups is 2. The molecule has 1 aliphatic heterocycles. The Balaban J connectivity index is 1.89. The molecule has 1 saturated carbocycles. The second-order valence-electron chi connectivity index (χ2n) is 6.40. The molecule has 1 aromatic rings. The van der Waals surface area contributed by atoms with Crippen LogP contribution in [-0.2, 0) is 16.1 Å². The fourth-order valence-corrected chi connectivity index (χ4v) is 3.69. The van der Waals surface area contributed by atoms with Crippen molar-refractivity contribution in [2.24, 2.45) is 5.41 Å². The Kier molecular flexibility index (Phi) is 3.77. The highest BCUT2D eigenvalue weighted by molar-refractivity contribution is 5.86. The first-order chi connectivity index (χ1) is 10.6. The van der Waals surface area contributed by atoms with Gasteiger partial charge >= 0.3 is 5.97 Å². The molecule has 0 saturated heterocycles. The van der Waals surface area contributed by atoms with Gasteiger partial charge in [0, 0.05) is 13.1 Å². The van der Waals surface area contributed by atoms with Crippen molar-refractivity contribution in [1.29, 1.82) is 0 Å². The van der Waals surface area contributed by atoms with Crippen molar-refractivity contribution in [3.8, 4) is 0 Å². The van der Waals surface area contributed by atoms with Crippen LogP contribution in [0.1, 0.15) is 42.7 Å². The van der Waals surface area contributed by atoms with E-state index < -0.39 is 11.9 Å². The average molecular weight is 299 g/mol. The van der Waals surface area contributed by atoms with Crippen LogP contribution in [0.3, 0.4) is 0 Å². The molecule has 1 heterocycles. The highest BCUT2D eigenvalue weighted by Gasteiger charge is 2.46. The molecule has 116 valence electrons. The first-order valence-electron chi connectivity index (χ1n) is 7.78. The maximum absolute atomic E-state index is 13.0. The smallest absolute Gasteiger partial charge is 0.312 e. The predicted molar refractivity (Wildman–Crippen MR) is 83.3 cm³/mol. The number of hydrogen-bond acceptors (Lipinski definition) is 2. The van der Waals surface area contributed by atoms with Gasteiger partial charge in [-0.2, -0.15) is 0 Å². The van der Waals surface area contributed by atoms with Crippen molar-refractivity contribution in [1.82, 2.24) is 4.90 Å². The van der Waals surface area contributed by atoms with Crippen molar-refractivity contribution < 1.29 is 14.7 Å². The van der Waals surface area contributed by atoms with E-state index in [0.717, 1.165) is 30.4 Å². The SMILES string of the molecule is C=CCC1(C(=O)N2Cc3ccccc3C(C(=O)O)C2)CCC1. The van der Waals surface area contributed by atoms with Crippen molar-refractivity contribution in [2.45, 2.75) is 38.1 Å². The molecule has 1 aliphatic carbocycles. The minimum Gasteiger partial charge on any atom is -0.481 e. The lowest BCUT2D eigenvalue weighted by Gasteiger charge is -2.45. The van der Waals surface area contributed by atoms with Crippen molar-refractivity contribution >= 4 is 11.9 Å². The van der Waals surface area contributed by atoms with Crippen LogP contribution in [0.15, 0.2) is 36.9 Å². The molecule has 2 aliphatic rings. The van der Waals surface area contributed by atoms with Crippen molar-refractivity contribution in [2.75, 3.05) is 6.54 Å². The summed E-state index contributed by atoms with van der Waals surface area (Å²) in [5.41, 5.74) is 1.45. The Morgan fingerprint density at radius 2 is 2.09 bits per heavy atom. The first-order valence-corrected chi connectivity index (χ1v) is 7.78. The number of aliphatic carboxylic acids is 1. The molecule has 0 spiro atoms. The molecule has 4 heteroatoms. The van der Waals surface area contributed by atoms with Gasteiger partial charge in [0.2, 0.25) is 5.91 Å². The van der Waals surface area contributed by atoms with Gasteiger partial charge in [0.25, 0.3) is 0 Å². The van der Waals surface area contributed by atoms with E-state index in [1.54, 1.807) is 4.90 Å². The van der Waals surface area contributed by atoms with Gasteiger partial charge in [0.05, 0.1) is 11.3 Å². The third kappa shape index (κ3) is 2.32. The van der Waals surface area contributed by atoms with Gasteiger partial charge in [-0.3, -0.25) is 9.59 Å². The van der Waals surface area contributed by atoms with E-state index in [-0.39, 0.29) is 17.9 Å². The summed E-state index contributed by atoms with van der Waals surface area (Å²) in [5.74, 6) is -1.40. The molecule has 3 rings (SSSR count). The van der Waals surface area contributed by atoms with Gasteiger partial charge in [-0.05, 0) is 30.4 Å². The molecule has 1 N–H and O–H groups in total. The number of allylic oxidation sites excluding steroid dienone is 1. The molecule has 1 aromatic carbocycles. The monoisotopic (exact) mass is 299 g/mol. The Morgan fingerprint density at radius 1 is 1.36 bits per heavy atom. The van der Waals surface area contributed by atoms with Crippen LogP contribution in [0.5, 0.6) is 0 Å². The van der Waals surface area contributed by atoms with Crippen LogP contribution >= 0.6 is 0 Å². The number of carboxylic acids is 1. The lowest BCUT2D eigenvalue weighted by Crippen LogP contribution is -2.50. The summed E-state index contributed by atoms with van der Waals surface area (Å²) in [4.78, 5) is 26.3. The molecule has 1 atom stereocenters. The Morgan fingerprint density at radius 3 is 2.68 bits per heavy atom. The van der Waals surface area contributed by atoms with Gasteiger partial charge < -0.3 is 10.0 Å². The van der Waals surface area contributed by atoms with Crippen LogP contribution in [0.4, 0.5) is 0 Å². The van der Waals surface area contributed by atoms with Crippen LogP contribution in [0, 0.1) is 5.41 Å². The van der Waals surface area contributed by atoms with E-state index in [2.05, 4.69) is 6.58 Å². The number of benzene rings is 1. The molecule has 4 nitrogen and oxygen atoms in total. The maximum Gasteiger partial charge on any atom is 0.312 e. The number of carbonyl (C=O) groups excluding carboxylic acids is 1. The summed E-state index contributed by atoms with van der Waals surface area (Å²) < 4.78 is 0. The molecule has 1 fully saturated rings. The first kappa shape index (κ1) is 14.8. The number of carboxylic acid groups (broad SMARTS) is 1. The number of hydrogen-bond donors (Lipinski definition) is 1. The topological polar surface area (TPSA) is 57.6 Å². The number of amides is 1. The quantitative estimate of drug-likeness (QED) is 0.870. The van der Waals surface area contributed by atoms with Gasteiger partial charge in [-0.1, -0.05) is 36.8 Å². The number of nitrogens with zero attached hydrogens (tertiary/aromatic N) is 1. The van der Waals surface area contributed by atoms with E-state index in [1.807, 2.05) is 30.3 Å². The van der Waals surface area contributed by atoms with Crippen LogP contribution < -0.4 is 0 Å².